The molecule has 2 atom stereocenters. The van der Waals surface area contributed by atoms with Gasteiger partial charge in [0.05, 0.1) is 5.56 Å². The molecule has 144 valence electrons. The van der Waals surface area contributed by atoms with E-state index in [9.17, 15) is 4.79 Å². The van der Waals surface area contributed by atoms with Gasteiger partial charge in [-0.3, -0.25) is 4.79 Å². The molecular formula is C23H35NO2. The Morgan fingerprint density at radius 2 is 1.69 bits per heavy atom. The molecule has 1 unspecified atom stereocenters. The van der Waals surface area contributed by atoms with E-state index in [1.54, 1.807) is 0 Å². The second-order valence-corrected chi connectivity index (χ2v) is 10.0. The van der Waals surface area contributed by atoms with Gasteiger partial charge in [0.15, 0.2) is 11.3 Å². The molecule has 2 heterocycles. The lowest BCUT2D eigenvalue weighted by molar-refractivity contribution is -0.0115. The SMILES string of the molecule is CC1(C)Oc2[nH]c(C(C)(C)C3CCCCC3)cc(=O)c2[C@H]2CCCCC21. The maximum absolute atomic E-state index is 13.2. The molecule has 26 heavy (non-hydrogen) atoms. The van der Waals surface area contributed by atoms with Crippen LogP contribution in [0.15, 0.2) is 10.9 Å². The molecular weight excluding hydrogens is 322 g/mol. The fraction of sp³-hybridized carbons (Fsp3) is 0.783. The van der Waals surface area contributed by atoms with Crippen molar-refractivity contribution in [3.05, 3.63) is 27.5 Å². The smallest absolute Gasteiger partial charge is 0.199 e. The highest BCUT2D eigenvalue weighted by molar-refractivity contribution is 5.38. The van der Waals surface area contributed by atoms with E-state index in [4.69, 9.17) is 4.74 Å². The molecule has 1 aromatic rings. The number of pyridine rings is 1. The number of ether oxygens (including phenoxy) is 1. The first-order chi connectivity index (χ1) is 12.3. The van der Waals surface area contributed by atoms with Crippen molar-refractivity contribution in [3.63, 3.8) is 0 Å². The van der Waals surface area contributed by atoms with Crippen molar-refractivity contribution in [2.24, 2.45) is 11.8 Å². The Labute approximate surface area is 157 Å². The van der Waals surface area contributed by atoms with Gasteiger partial charge in [-0.25, -0.2) is 0 Å². The summed E-state index contributed by atoms with van der Waals surface area (Å²) in [6.45, 7) is 9.02. The van der Waals surface area contributed by atoms with Crippen LogP contribution >= 0.6 is 0 Å². The summed E-state index contributed by atoms with van der Waals surface area (Å²) in [5, 5.41) is 0. The first-order valence-electron chi connectivity index (χ1n) is 10.8. The van der Waals surface area contributed by atoms with E-state index in [0.717, 1.165) is 23.6 Å². The van der Waals surface area contributed by atoms with Gasteiger partial charge in [0.25, 0.3) is 0 Å². The fourth-order valence-electron chi connectivity index (χ4n) is 6.02. The van der Waals surface area contributed by atoms with Gasteiger partial charge < -0.3 is 9.72 Å². The van der Waals surface area contributed by atoms with Gasteiger partial charge in [-0.1, -0.05) is 46.0 Å². The predicted octanol–water partition coefficient (Wildman–Crippen LogP) is 5.68. The van der Waals surface area contributed by atoms with E-state index in [0.29, 0.717) is 17.8 Å². The number of hydrogen-bond acceptors (Lipinski definition) is 2. The third kappa shape index (κ3) is 2.92. The Kier molecular flexibility index (Phi) is 4.48. The van der Waals surface area contributed by atoms with Crippen molar-refractivity contribution in [1.82, 2.24) is 4.98 Å². The summed E-state index contributed by atoms with van der Waals surface area (Å²) in [5.74, 6) is 2.23. The average Bonchev–Trinajstić information content (AvgIpc) is 2.61. The lowest BCUT2D eigenvalue weighted by Crippen LogP contribution is -2.48. The van der Waals surface area contributed by atoms with E-state index in [1.165, 1.54) is 51.4 Å². The van der Waals surface area contributed by atoms with Gasteiger partial charge in [-0.2, -0.15) is 0 Å². The number of fused-ring (bicyclic) bond motifs is 3. The molecule has 0 bridgehead atoms. The molecule has 0 amide bonds. The van der Waals surface area contributed by atoms with Crippen molar-refractivity contribution < 1.29 is 4.74 Å². The second-order valence-electron chi connectivity index (χ2n) is 10.0. The summed E-state index contributed by atoms with van der Waals surface area (Å²) in [4.78, 5) is 16.8. The minimum atomic E-state index is -0.200. The molecule has 1 N–H and O–H groups in total. The van der Waals surface area contributed by atoms with Crippen LogP contribution in [0.2, 0.25) is 0 Å². The average molecular weight is 358 g/mol. The maximum Gasteiger partial charge on any atom is 0.199 e. The molecule has 0 saturated heterocycles. The Balaban J connectivity index is 1.75. The Bertz CT molecular complexity index is 724. The maximum atomic E-state index is 13.2. The topological polar surface area (TPSA) is 42.1 Å². The van der Waals surface area contributed by atoms with E-state index >= 15 is 0 Å². The first kappa shape index (κ1) is 18.1. The van der Waals surface area contributed by atoms with E-state index in [1.807, 2.05) is 6.07 Å². The zero-order chi connectivity index (χ0) is 18.5. The Hall–Kier alpha value is -1.25. The van der Waals surface area contributed by atoms with Crippen molar-refractivity contribution in [2.45, 2.75) is 102 Å². The molecule has 4 rings (SSSR count). The van der Waals surface area contributed by atoms with E-state index in [2.05, 4.69) is 32.7 Å². The Morgan fingerprint density at radius 3 is 2.42 bits per heavy atom. The zero-order valence-corrected chi connectivity index (χ0v) is 17.0. The summed E-state index contributed by atoms with van der Waals surface area (Å²) in [6, 6.07) is 1.90. The van der Waals surface area contributed by atoms with Crippen LogP contribution < -0.4 is 10.2 Å². The summed E-state index contributed by atoms with van der Waals surface area (Å²) < 4.78 is 6.44. The molecule has 3 heteroatoms. The van der Waals surface area contributed by atoms with Gasteiger partial charge in [0.1, 0.15) is 5.60 Å². The molecule has 3 nitrogen and oxygen atoms in total. The molecule has 2 saturated carbocycles. The zero-order valence-electron chi connectivity index (χ0n) is 17.0. The molecule has 1 aliphatic heterocycles. The third-order valence-corrected chi connectivity index (χ3v) is 7.75. The summed E-state index contributed by atoms with van der Waals surface area (Å²) in [6.07, 6.45) is 11.3. The number of H-pyrrole nitrogens is 1. The standard InChI is InChI=1S/C23H35NO2/c1-22(2,15-10-6-5-7-11-15)19-14-18(25)20-16-12-8-9-13-17(16)23(3,4)26-21(20)24-19/h14-17H,5-13H2,1-4H3,(H,24,25)/t16-,17?/m0/s1. The van der Waals surface area contributed by atoms with Crippen molar-refractivity contribution >= 4 is 0 Å². The fourth-order valence-corrected chi connectivity index (χ4v) is 6.02. The number of aromatic amines is 1. The van der Waals surface area contributed by atoms with Gasteiger partial charge in [0, 0.05) is 23.1 Å². The van der Waals surface area contributed by atoms with Crippen LogP contribution in [-0.4, -0.2) is 10.6 Å². The van der Waals surface area contributed by atoms with Gasteiger partial charge in [0.2, 0.25) is 0 Å². The van der Waals surface area contributed by atoms with E-state index in [-0.39, 0.29) is 16.4 Å². The van der Waals surface area contributed by atoms with Crippen molar-refractivity contribution in [2.75, 3.05) is 0 Å². The molecule has 1 aromatic heterocycles. The highest BCUT2D eigenvalue weighted by Gasteiger charge is 2.46. The van der Waals surface area contributed by atoms with Crippen LogP contribution in [0.4, 0.5) is 0 Å². The predicted molar refractivity (Wildman–Crippen MR) is 106 cm³/mol. The minimum Gasteiger partial charge on any atom is -0.472 e. The number of rotatable bonds is 2. The van der Waals surface area contributed by atoms with E-state index < -0.39 is 0 Å². The highest BCUT2D eigenvalue weighted by atomic mass is 16.5. The first-order valence-corrected chi connectivity index (χ1v) is 10.8. The van der Waals surface area contributed by atoms with Crippen LogP contribution in [0, 0.1) is 11.8 Å². The highest BCUT2D eigenvalue weighted by Crippen LogP contribution is 2.50. The largest absolute Gasteiger partial charge is 0.472 e. The third-order valence-electron chi connectivity index (χ3n) is 7.75. The minimum absolute atomic E-state index is 0.00841. The van der Waals surface area contributed by atoms with Crippen molar-refractivity contribution in [1.29, 1.82) is 0 Å². The van der Waals surface area contributed by atoms with Crippen LogP contribution in [0.5, 0.6) is 5.88 Å². The lowest BCUT2D eigenvalue weighted by Gasteiger charge is -2.47. The molecule has 0 aromatic carbocycles. The van der Waals surface area contributed by atoms with Crippen molar-refractivity contribution in [3.8, 4) is 5.88 Å². The molecule has 0 radical (unpaired) electrons. The second kappa shape index (κ2) is 6.42. The summed E-state index contributed by atoms with van der Waals surface area (Å²) in [5.41, 5.74) is 1.99. The monoisotopic (exact) mass is 357 g/mol. The molecule has 0 spiro atoms. The summed E-state index contributed by atoms with van der Waals surface area (Å²) in [7, 11) is 0. The van der Waals surface area contributed by atoms with Crippen LogP contribution in [0.3, 0.4) is 0 Å². The van der Waals surface area contributed by atoms with Gasteiger partial charge in [-0.05, 0) is 51.4 Å². The normalized spacial score (nSPS) is 28.8. The number of nitrogens with one attached hydrogen (secondary N) is 1. The van der Waals surface area contributed by atoms with Gasteiger partial charge in [-0.15, -0.1) is 0 Å². The molecule has 3 aliphatic rings. The van der Waals surface area contributed by atoms with Crippen LogP contribution in [-0.2, 0) is 5.41 Å². The van der Waals surface area contributed by atoms with Crippen LogP contribution in [0.1, 0.15) is 103 Å². The number of aromatic nitrogens is 1. The quantitative estimate of drug-likeness (QED) is 0.740. The molecule has 2 fully saturated rings. The lowest BCUT2D eigenvalue weighted by atomic mass is 9.66. The molecule has 2 aliphatic carbocycles. The van der Waals surface area contributed by atoms with Gasteiger partial charge >= 0.3 is 0 Å². The summed E-state index contributed by atoms with van der Waals surface area (Å²) >= 11 is 0. The Morgan fingerprint density at radius 1 is 1.04 bits per heavy atom. The number of hydrogen-bond donors (Lipinski definition) is 1. The van der Waals surface area contributed by atoms with Crippen LogP contribution in [0.25, 0.3) is 0 Å².